The highest BCUT2D eigenvalue weighted by atomic mass is 16.3. The normalized spacial score (nSPS) is 31.9. The lowest BCUT2D eigenvalue weighted by Gasteiger charge is -2.56. The Bertz CT molecular complexity index is 2190. The molecule has 2 aromatic carbocycles. The van der Waals surface area contributed by atoms with Crippen LogP contribution in [0.5, 0.6) is 0 Å². The Labute approximate surface area is 393 Å². The second kappa shape index (κ2) is 22.0. The van der Waals surface area contributed by atoms with Crippen molar-refractivity contribution in [2.75, 3.05) is 13.2 Å². The van der Waals surface area contributed by atoms with E-state index in [0.717, 1.165) is 78.4 Å². The van der Waals surface area contributed by atoms with Gasteiger partial charge in [0.15, 0.2) is 5.78 Å². The van der Waals surface area contributed by atoms with Crippen molar-refractivity contribution in [1.82, 2.24) is 10.6 Å². The van der Waals surface area contributed by atoms with Gasteiger partial charge in [0, 0.05) is 24.3 Å². The first kappa shape index (κ1) is 49.9. The Balaban J connectivity index is 1.34. The fraction of sp³-hybridized carbons (Fsp3) is 0.571. The highest BCUT2D eigenvalue weighted by Gasteiger charge is 2.64. The highest BCUT2D eigenvalue weighted by molar-refractivity contribution is 5.99. The van der Waals surface area contributed by atoms with Crippen LogP contribution >= 0.6 is 0 Å². The lowest BCUT2D eigenvalue weighted by molar-refractivity contribution is -0.168. The van der Waals surface area contributed by atoms with Gasteiger partial charge in [-0.15, -0.1) is 0 Å². The van der Waals surface area contributed by atoms with Crippen molar-refractivity contribution in [2.45, 2.75) is 166 Å². The van der Waals surface area contributed by atoms with Crippen molar-refractivity contribution in [1.29, 1.82) is 0 Å². The van der Waals surface area contributed by atoms with E-state index in [0.29, 0.717) is 74.5 Å². The molecule has 7 rings (SSSR count). The molecule has 2 aromatic rings. The summed E-state index contributed by atoms with van der Waals surface area (Å²) in [4.78, 5) is 29.3. The smallest absolute Gasteiger partial charge is 0.243 e. The summed E-state index contributed by atoms with van der Waals surface area (Å²) in [6, 6.07) is 13.0. The molecule has 3 aliphatic carbocycles. The molecule has 2 aliphatic heterocycles. The molecule has 0 aromatic heterocycles. The summed E-state index contributed by atoms with van der Waals surface area (Å²) < 4.78 is 0. The van der Waals surface area contributed by atoms with E-state index in [1.54, 1.807) is 0 Å². The maximum Gasteiger partial charge on any atom is 0.243 e. The fourth-order valence-electron chi connectivity index (χ4n) is 12.6. The monoisotopic (exact) mass is 904 g/mol. The third kappa shape index (κ3) is 11.0. The molecular formula is C56H77N3O7. The van der Waals surface area contributed by atoms with Crippen LogP contribution < -0.4 is 16.4 Å². The maximum absolute atomic E-state index is 15.6. The minimum atomic E-state index is -1.32. The molecule has 9 unspecified atom stereocenters. The molecule has 10 heteroatoms. The van der Waals surface area contributed by atoms with Crippen molar-refractivity contribution in [3.8, 4) is 0 Å². The summed E-state index contributed by atoms with van der Waals surface area (Å²) in [5.74, 6) is -1.20. The van der Waals surface area contributed by atoms with Gasteiger partial charge in [-0.05, 0) is 155 Å². The molecule has 1 spiro atoms. The predicted octanol–water partition coefficient (Wildman–Crippen LogP) is 7.78. The van der Waals surface area contributed by atoms with Crippen molar-refractivity contribution in [2.24, 2.45) is 28.9 Å². The van der Waals surface area contributed by atoms with E-state index in [4.69, 9.17) is 5.73 Å². The van der Waals surface area contributed by atoms with Crippen LogP contribution in [0.3, 0.4) is 0 Å². The maximum atomic E-state index is 15.6. The standard InChI is InChI=1S/C56H77N3O7/c1-35(2)12-8-13-36(3)14-9-20-41(34-60)44-27-29-56(52(44)64)47-25-24-42(61)31-38-16-10-15-37(30-38)22-23-43(62)33-58-51-50-40(19-11-21-46(50)53(57)59-54(51)65)32-48(63)49(39-17-6-5-7-18-39)45(47)26-28-55(56,4)66/h9-12,14-16,19-21,30,39,42-44,47,51-53,58,60-62,64,66H,3,5-8,13,17-18,22-29,31-34,57H2,1-2,4H3,(H,59,65). The number of allylic oxidation sites excluding steroid dienone is 8. The summed E-state index contributed by atoms with van der Waals surface area (Å²) in [5.41, 5.74) is 13.0. The molecule has 2 bridgehead atoms. The number of benzene rings is 2. The summed E-state index contributed by atoms with van der Waals surface area (Å²) in [7, 11) is 0. The number of ketones is 1. The van der Waals surface area contributed by atoms with Crippen LogP contribution in [0.15, 0.2) is 101 Å². The van der Waals surface area contributed by atoms with Crippen LogP contribution in [0.4, 0.5) is 0 Å². The first-order valence-electron chi connectivity index (χ1n) is 24.9. The van der Waals surface area contributed by atoms with E-state index in [1.807, 2.05) is 61.5 Å². The van der Waals surface area contributed by atoms with Gasteiger partial charge in [0.05, 0.1) is 30.5 Å². The summed E-state index contributed by atoms with van der Waals surface area (Å²) in [6.45, 7) is 10.1. The number of hydrogen-bond donors (Lipinski definition) is 8. The van der Waals surface area contributed by atoms with Crippen molar-refractivity contribution >= 4 is 11.7 Å². The number of aliphatic hydroxyl groups excluding tert-OH is 4. The van der Waals surface area contributed by atoms with Gasteiger partial charge < -0.3 is 36.6 Å². The van der Waals surface area contributed by atoms with Gasteiger partial charge in [0.2, 0.25) is 5.91 Å². The van der Waals surface area contributed by atoms with Crippen LogP contribution in [-0.4, -0.2) is 74.3 Å². The molecule has 10 nitrogen and oxygen atoms in total. The number of aryl methyl sites for hydroxylation is 1. The number of nitrogens with one attached hydrogen (secondary N) is 2. The van der Waals surface area contributed by atoms with E-state index >= 15 is 4.79 Å². The van der Waals surface area contributed by atoms with Gasteiger partial charge in [0.1, 0.15) is 12.2 Å². The molecule has 9 atom stereocenters. The molecule has 2 heterocycles. The molecule has 66 heavy (non-hydrogen) atoms. The summed E-state index contributed by atoms with van der Waals surface area (Å²) in [5, 5.41) is 66.0. The lowest BCUT2D eigenvalue weighted by Crippen LogP contribution is -2.59. The molecule has 3 saturated carbocycles. The third-order valence-electron chi connectivity index (χ3n) is 16.0. The Morgan fingerprint density at radius 3 is 2.44 bits per heavy atom. The molecular weight excluding hydrogens is 827 g/mol. The first-order valence-corrected chi connectivity index (χ1v) is 24.9. The zero-order valence-corrected chi connectivity index (χ0v) is 39.7. The number of nitrogens with two attached hydrogens (primary N) is 1. The van der Waals surface area contributed by atoms with Crippen LogP contribution in [0.1, 0.15) is 151 Å². The Morgan fingerprint density at radius 2 is 1.68 bits per heavy atom. The van der Waals surface area contributed by atoms with Gasteiger partial charge in [-0.1, -0.05) is 109 Å². The van der Waals surface area contributed by atoms with Crippen molar-refractivity contribution in [3.63, 3.8) is 0 Å². The van der Waals surface area contributed by atoms with E-state index in [1.165, 1.54) is 5.57 Å². The predicted molar refractivity (Wildman–Crippen MR) is 261 cm³/mol. The molecule has 0 saturated heterocycles. The number of aliphatic hydroxyl groups is 5. The number of rotatable bonds is 8. The van der Waals surface area contributed by atoms with E-state index < -0.39 is 53.4 Å². The van der Waals surface area contributed by atoms with E-state index in [2.05, 4.69) is 43.2 Å². The summed E-state index contributed by atoms with van der Waals surface area (Å²) in [6.07, 6.45) is 15.4. The van der Waals surface area contributed by atoms with Crippen LogP contribution in [0, 0.1) is 23.2 Å². The van der Waals surface area contributed by atoms with Gasteiger partial charge in [-0.25, -0.2) is 0 Å². The molecule has 3 fully saturated rings. The lowest BCUT2D eigenvalue weighted by atomic mass is 9.51. The average Bonchev–Trinajstić information content (AvgIpc) is 3.62. The summed E-state index contributed by atoms with van der Waals surface area (Å²) >= 11 is 0. The Morgan fingerprint density at radius 1 is 0.924 bits per heavy atom. The second-order valence-corrected chi connectivity index (χ2v) is 20.8. The zero-order chi connectivity index (χ0) is 47.2. The molecule has 1 amide bonds. The zero-order valence-electron chi connectivity index (χ0n) is 39.7. The van der Waals surface area contributed by atoms with Crippen molar-refractivity contribution in [3.05, 3.63) is 129 Å². The van der Waals surface area contributed by atoms with Gasteiger partial charge >= 0.3 is 0 Å². The van der Waals surface area contributed by atoms with E-state index in [-0.39, 0.29) is 37.2 Å². The molecule has 9 N–H and O–H groups in total. The number of Topliss-reactive ketones (excluding diaryl/α,β-unsaturated/α-hetero) is 1. The van der Waals surface area contributed by atoms with E-state index in [9.17, 15) is 30.3 Å². The Hall–Kier alpha value is -4.00. The number of fused-ring (bicyclic) bond motifs is 4. The number of carbonyl (C=O) groups excluding carboxylic acids is 2. The minimum absolute atomic E-state index is 0.0132. The largest absolute Gasteiger partial charge is 0.393 e. The molecule has 5 aliphatic rings. The topological polar surface area (TPSA) is 185 Å². The number of amides is 1. The van der Waals surface area contributed by atoms with Crippen LogP contribution in [0.2, 0.25) is 0 Å². The van der Waals surface area contributed by atoms with Crippen molar-refractivity contribution < 1.29 is 35.1 Å². The quantitative estimate of drug-likeness (QED) is 0.0968. The number of hydrogen-bond acceptors (Lipinski definition) is 9. The minimum Gasteiger partial charge on any atom is -0.393 e. The van der Waals surface area contributed by atoms with Gasteiger partial charge in [-0.3, -0.25) is 14.9 Å². The number of carbonyl (C=O) groups is 2. The second-order valence-electron chi connectivity index (χ2n) is 20.8. The van der Waals surface area contributed by atoms with Gasteiger partial charge in [0.25, 0.3) is 0 Å². The fourth-order valence-corrected chi connectivity index (χ4v) is 12.6. The Kier molecular flexibility index (Phi) is 16.6. The van der Waals surface area contributed by atoms with Crippen LogP contribution in [0.25, 0.3) is 0 Å². The SMILES string of the molecule is C=C(C=CC=C(CO)C1CCC2(C3CCC(O)Cc4cccc(c4)CCC(O)CNC4C(=O)NC(N)c5cccc(c54)CC(=O)C(C4CCCCC4)=C3CCC2(C)O)C1O)CCC=C(C)C. The van der Waals surface area contributed by atoms with Crippen LogP contribution in [-0.2, 0) is 28.9 Å². The molecule has 0 radical (unpaired) electrons. The third-order valence-corrected chi connectivity index (χ3v) is 16.0. The highest BCUT2D eigenvalue weighted by Crippen LogP contribution is 2.63. The molecule has 358 valence electrons. The first-order chi connectivity index (χ1) is 31.6. The average molecular weight is 904 g/mol. The number of β-amino-alcohol motifs (C(OH)–C–C–N with tert-alkyl or cyclic N) is 1. The van der Waals surface area contributed by atoms with Gasteiger partial charge in [-0.2, -0.15) is 0 Å².